The van der Waals surface area contributed by atoms with Gasteiger partial charge in [-0.25, -0.2) is 0 Å². The Balaban J connectivity index is 2.08. The number of hydrogen-bond donors (Lipinski definition) is 1. The Morgan fingerprint density at radius 3 is 2.94 bits per heavy atom. The van der Waals surface area contributed by atoms with E-state index >= 15 is 0 Å². The summed E-state index contributed by atoms with van der Waals surface area (Å²) >= 11 is 0. The molecule has 1 aliphatic carbocycles. The van der Waals surface area contributed by atoms with Gasteiger partial charge < -0.3 is 10.1 Å². The molecule has 0 aromatic carbocycles. The molecule has 1 unspecified atom stereocenters. The number of hydrogen-bond acceptors (Lipinski definition) is 3. The quantitative estimate of drug-likeness (QED) is 0.866. The number of aromatic nitrogens is 2. The zero-order chi connectivity index (χ0) is 11.9. The first-order valence-electron chi connectivity index (χ1n) is 6.67. The summed E-state index contributed by atoms with van der Waals surface area (Å²) in [4.78, 5) is 0. The van der Waals surface area contributed by atoms with Crippen molar-refractivity contribution in [2.45, 2.75) is 44.7 Å². The van der Waals surface area contributed by atoms with E-state index in [1.807, 2.05) is 6.20 Å². The molecular formula is C13H21N3O. The number of methoxy groups -OCH3 is 1. The molecule has 1 saturated heterocycles. The van der Waals surface area contributed by atoms with E-state index in [9.17, 15) is 0 Å². The lowest BCUT2D eigenvalue weighted by molar-refractivity contribution is 0.290. The number of ether oxygens (including phenoxy) is 1. The molecule has 0 radical (unpaired) electrons. The third-order valence-electron chi connectivity index (χ3n) is 4.21. The van der Waals surface area contributed by atoms with Gasteiger partial charge >= 0.3 is 0 Å². The minimum atomic E-state index is 0.137. The maximum absolute atomic E-state index is 5.52. The van der Waals surface area contributed by atoms with Gasteiger partial charge in [0.05, 0.1) is 18.8 Å². The number of nitrogens with one attached hydrogen (secondary N) is 1. The molecule has 4 heteroatoms. The molecule has 1 aromatic rings. The van der Waals surface area contributed by atoms with Crippen molar-refractivity contribution >= 4 is 0 Å². The zero-order valence-corrected chi connectivity index (χ0v) is 10.7. The molecule has 1 saturated carbocycles. The summed E-state index contributed by atoms with van der Waals surface area (Å²) in [5, 5.41) is 8.20. The molecule has 2 fully saturated rings. The predicted octanol–water partition coefficient (Wildman–Crippen LogP) is 1.90. The average Bonchev–Trinajstić information content (AvgIpc) is 2.96. The molecule has 17 heavy (non-hydrogen) atoms. The molecule has 1 aromatic heterocycles. The van der Waals surface area contributed by atoms with Crippen molar-refractivity contribution < 1.29 is 4.74 Å². The van der Waals surface area contributed by atoms with Gasteiger partial charge in [-0.3, -0.25) is 4.68 Å². The van der Waals surface area contributed by atoms with Crippen LogP contribution in [0.1, 0.15) is 38.3 Å². The molecule has 2 aliphatic rings. The largest absolute Gasteiger partial charge is 0.493 e. The monoisotopic (exact) mass is 235 g/mol. The number of nitrogens with zero attached hydrogens (tertiary/aromatic N) is 2. The highest BCUT2D eigenvalue weighted by molar-refractivity contribution is 5.35. The third kappa shape index (κ3) is 1.58. The van der Waals surface area contributed by atoms with E-state index in [-0.39, 0.29) is 5.54 Å². The smallest absolute Gasteiger partial charge is 0.161 e. The van der Waals surface area contributed by atoms with E-state index < -0.39 is 0 Å². The van der Waals surface area contributed by atoms with Gasteiger partial charge in [-0.15, -0.1) is 0 Å². The zero-order valence-electron chi connectivity index (χ0n) is 10.7. The minimum Gasteiger partial charge on any atom is -0.493 e. The van der Waals surface area contributed by atoms with Crippen molar-refractivity contribution in [2.24, 2.45) is 5.92 Å². The Morgan fingerprint density at radius 2 is 2.41 bits per heavy atom. The Bertz CT molecular complexity index is 381. The van der Waals surface area contributed by atoms with Gasteiger partial charge in [0.1, 0.15) is 5.69 Å². The number of aryl methyl sites for hydroxylation is 1. The minimum absolute atomic E-state index is 0.137. The fraction of sp³-hybridized carbons (Fsp3) is 0.769. The normalized spacial score (nSPS) is 28.6. The molecule has 1 aliphatic heterocycles. The molecule has 0 amide bonds. The first-order chi connectivity index (χ1) is 8.31. The van der Waals surface area contributed by atoms with Crippen molar-refractivity contribution in [1.29, 1.82) is 0 Å². The highest BCUT2D eigenvalue weighted by atomic mass is 16.5. The van der Waals surface area contributed by atoms with Crippen LogP contribution >= 0.6 is 0 Å². The van der Waals surface area contributed by atoms with Crippen LogP contribution in [-0.4, -0.2) is 23.4 Å². The van der Waals surface area contributed by atoms with E-state index in [2.05, 4.69) is 22.0 Å². The van der Waals surface area contributed by atoms with Crippen LogP contribution in [0.3, 0.4) is 0 Å². The SMILES string of the molecule is CCn1ncc(OC)c1C1(C2CC2)CCCN1. The van der Waals surface area contributed by atoms with E-state index in [1.165, 1.54) is 31.4 Å². The average molecular weight is 235 g/mol. The predicted molar refractivity (Wildman–Crippen MR) is 66.1 cm³/mol. The molecule has 1 N–H and O–H groups in total. The van der Waals surface area contributed by atoms with Crippen molar-refractivity contribution in [3.05, 3.63) is 11.9 Å². The molecule has 0 spiro atoms. The standard InChI is InChI=1S/C13H21N3O/c1-3-16-12(11(17-2)9-15-16)13(10-5-6-10)7-4-8-14-13/h9-10,14H,3-8H2,1-2H3. The molecule has 94 valence electrons. The van der Waals surface area contributed by atoms with Crippen LogP contribution in [0.5, 0.6) is 5.75 Å². The van der Waals surface area contributed by atoms with E-state index in [0.29, 0.717) is 0 Å². The van der Waals surface area contributed by atoms with Crippen LogP contribution in [0.15, 0.2) is 6.20 Å². The summed E-state index contributed by atoms with van der Waals surface area (Å²) < 4.78 is 7.63. The molecule has 1 atom stereocenters. The van der Waals surface area contributed by atoms with Crippen molar-refractivity contribution in [3.63, 3.8) is 0 Å². The lowest BCUT2D eigenvalue weighted by Crippen LogP contribution is -2.41. The van der Waals surface area contributed by atoms with Crippen LogP contribution in [0, 0.1) is 5.92 Å². The molecular weight excluding hydrogens is 214 g/mol. The van der Waals surface area contributed by atoms with Gasteiger partial charge in [0, 0.05) is 6.54 Å². The van der Waals surface area contributed by atoms with Crippen LogP contribution in [0.4, 0.5) is 0 Å². The van der Waals surface area contributed by atoms with Gasteiger partial charge in [0.15, 0.2) is 5.75 Å². The fourth-order valence-electron chi connectivity index (χ4n) is 3.29. The van der Waals surface area contributed by atoms with Crippen molar-refractivity contribution in [2.75, 3.05) is 13.7 Å². The molecule has 4 nitrogen and oxygen atoms in total. The number of rotatable bonds is 4. The lowest BCUT2D eigenvalue weighted by Gasteiger charge is -2.31. The maximum Gasteiger partial charge on any atom is 0.161 e. The summed E-state index contributed by atoms with van der Waals surface area (Å²) in [7, 11) is 1.75. The van der Waals surface area contributed by atoms with Crippen LogP contribution < -0.4 is 10.1 Å². The van der Waals surface area contributed by atoms with Gasteiger partial charge in [0.25, 0.3) is 0 Å². The van der Waals surface area contributed by atoms with Crippen molar-refractivity contribution in [1.82, 2.24) is 15.1 Å². The van der Waals surface area contributed by atoms with E-state index in [4.69, 9.17) is 4.74 Å². The Kier molecular flexibility index (Phi) is 2.62. The Labute approximate surface area is 102 Å². The summed E-state index contributed by atoms with van der Waals surface area (Å²) in [5.41, 5.74) is 1.42. The topological polar surface area (TPSA) is 39.1 Å². The van der Waals surface area contributed by atoms with E-state index in [0.717, 1.165) is 24.8 Å². The lowest BCUT2D eigenvalue weighted by atomic mass is 9.87. The second-order valence-corrected chi connectivity index (χ2v) is 5.15. The van der Waals surface area contributed by atoms with Crippen molar-refractivity contribution in [3.8, 4) is 5.75 Å². The fourth-order valence-corrected chi connectivity index (χ4v) is 3.29. The molecule has 3 rings (SSSR count). The van der Waals surface area contributed by atoms with Crippen LogP contribution in [0.2, 0.25) is 0 Å². The van der Waals surface area contributed by atoms with Crippen LogP contribution in [-0.2, 0) is 12.1 Å². The van der Waals surface area contributed by atoms with Gasteiger partial charge in [-0.05, 0) is 45.1 Å². The van der Waals surface area contributed by atoms with Gasteiger partial charge in [-0.2, -0.15) is 5.10 Å². The highest BCUT2D eigenvalue weighted by Crippen LogP contribution is 2.52. The van der Waals surface area contributed by atoms with Gasteiger partial charge in [0.2, 0.25) is 0 Å². The first-order valence-corrected chi connectivity index (χ1v) is 6.67. The second kappa shape index (κ2) is 4.02. The van der Waals surface area contributed by atoms with Crippen LogP contribution in [0.25, 0.3) is 0 Å². The van der Waals surface area contributed by atoms with Gasteiger partial charge in [-0.1, -0.05) is 0 Å². The third-order valence-corrected chi connectivity index (χ3v) is 4.21. The van der Waals surface area contributed by atoms with E-state index in [1.54, 1.807) is 7.11 Å². The Hall–Kier alpha value is -1.03. The molecule has 2 heterocycles. The first kappa shape index (κ1) is 11.1. The summed E-state index contributed by atoms with van der Waals surface area (Å²) in [6, 6.07) is 0. The maximum atomic E-state index is 5.52. The summed E-state index contributed by atoms with van der Waals surface area (Å²) in [6.45, 7) is 4.18. The second-order valence-electron chi connectivity index (χ2n) is 5.15. The summed E-state index contributed by atoms with van der Waals surface area (Å²) in [5.74, 6) is 1.73. The summed E-state index contributed by atoms with van der Waals surface area (Å²) in [6.07, 6.45) is 7.02. The highest BCUT2D eigenvalue weighted by Gasteiger charge is 2.51. The Morgan fingerprint density at radius 1 is 1.59 bits per heavy atom. The molecule has 0 bridgehead atoms.